The Morgan fingerprint density at radius 2 is 2.00 bits per heavy atom. The fraction of sp³-hybridized carbons (Fsp3) is 0.562. The standard InChI is InChI=1S/C16H23N3O6S2/c1-26(22,23)17-13-5-3-2-4-12(13)8-11-6-7-14(15(20)9-11)19-10-16(21)18-27(19,24)25/h6-7,9,12-13,17,20H,2-5,8,10H2,1H3,(H,18,21)/t12-,13?/m0/s1. The summed E-state index contributed by atoms with van der Waals surface area (Å²) in [7, 11) is -7.29. The Hall–Kier alpha value is -1.85. The monoisotopic (exact) mass is 417 g/mol. The second kappa shape index (κ2) is 7.28. The number of phenolic OH excluding ortho intramolecular Hbond substituents is 1. The van der Waals surface area contributed by atoms with Crippen molar-refractivity contribution in [2.75, 3.05) is 17.1 Å². The molecule has 2 aliphatic rings. The van der Waals surface area contributed by atoms with Gasteiger partial charge in [0, 0.05) is 6.04 Å². The number of nitrogens with one attached hydrogen (secondary N) is 2. The van der Waals surface area contributed by atoms with Crippen LogP contribution in [-0.4, -0.2) is 46.7 Å². The molecule has 150 valence electrons. The highest BCUT2D eigenvalue weighted by Gasteiger charge is 2.35. The number of phenols is 1. The van der Waals surface area contributed by atoms with Crippen LogP contribution in [0.15, 0.2) is 18.2 Å². The highest BCUT2D eigenvalue weighted by atomic mass is 32.2. The van der Waals surface area contributed by atoms with Gasteiger partial charge in [-0.25, -0.2) is 22.2 Å². The largest absolute Gasteiger partial charge is 0.506 e. The lowest BCUT2D eigenvalue weighted by Crippen LogP contribution is -2.42. The van der Waals surface area contributed by atoms with E-state index in [0.717, 1.165) is 41.8 Å². The normalized spacial score (nSPS) is 25.4. The van der Waals surface area contributed by atoms with E-state index < -0.39 is 26.1 Å². The first kappa shape index (κ1) is 19.9. The Morgan fingerprint density at radius 1 is 1.30 bits per heavy atom. The molecule has 1 saturated carbocycles. The van der Waals surface area contributed by atoms with E-state index in [2.05, 4.69) is 4.72 Å². The van der Waals surface area contributed by atoms with Crippen LogP contribution in [-0.2, 0) is 31.4 Å². The molecule has 1 saturated heterocycles. The zero-order chi connectivity index (χ0) is 19.8. The Balaban J connectivity index is 1.78. The van der Waals surface area contributed by atoms with E-state index in [9.17, 15) is 26.7 Å². The van der Waals surface area contributed by atoms with Crippen LogP contribution in [0.2, 0.25) is 0 Å². The maximum atomic E-state index is 11.9. The number of hydrogen-bond acceptors (Lipinski definition) is 6. The minimum absolute atomic E-state index is 0.0338. The quantitative estimate of drug-likeness (QED) is 0.628. The summed E-state index contributed by atoms with van der Waals surface area (Å²) < 4.78 is 52.4. The first-order valence-electron chi connectivity index (χ1n) is 8.68. The highest BCUT2D eigenvalue weighted by Crippen LogP contribution is 2.34. The molecule has 1 amide bonds. The lowest BCUT2D eigenvalue weighted by atomic mass is 9.81. The van der Waals surface area contributed by atoms with Crippen LogP contribution in [0.25, 0.3) is 0 Å². The summed E-state index contributed by atoms with van der Waals surface area (Å²) in [6.45, 7) is -0.377. The molecule has 1 unspecified atom stereocenters. The van der Waals surface area contributed by atoms with Gasteiger partial charge in [0.25, 0.3) is 5.91 Å². The van der Waals surface area contributed by atoms with Crippen molar-refractivity contribution in [3.8, 4) is 5.75 Å². The number of anilines is 1. The third kappa shape index (κ3) is 4.71. The summed E-state index contributed by atoms with van der Waals surface area (Å²) in [5.74, 6) is -0.802. The summed E-state index contributed by atoms with van der Waals surface area (Å²) in [5.41, 5.74) is 0.811. The fourth-order valence-electron chi connectivity index (χ4n) is 3.75. The van der Waals surface area contributed by atoms with Crippen LogP contribution in [0.4, 0.5) is 5.69 Å². The van der Waals surface area contributed by atoms with Gasteiger partial charge in [0.05, 0.1) is 11.9 Å². The molecule has 0 bridgehead atoms. The number of amides is 1. The van der Waals surface area contributed by atoms with Crippen molar-refractivity contribution in [3.05, 3.63) is 23.8 Å². The number of aromatic hydroxyl groups is 1. The van der Waals surface area contributed by atoms with Crippen molar-refractivity contribution in [3.63, 3.8) is 0 Å². The minimum Gasteiger partial charge on any atom is -0.506 e. The number of carbonyl (C=O) groups is 1. The highest BCUT2D eigenvalue weighted by molar-refractivity contribution is 7.92. The molecule has 1 aromatic rings. The number of rotatable bonds is 5. The van der Waals surface area contributed by atoms with Gasteiger partial charge in [0.2, 0.25) is 10.0 Å². The maximum Gasteiger partial charge on any atom is 0.326 e. The summed E-state index contributed by atoms with van der Waals surface area (Å²) in [5, 5.41) is 10.3. The zero-order valence-electron chi connectivity index (χ0n) is 14.9. The summed E-state index contributed by atoms with van der Waals surface area (Å²) in [6.07, 6.45) is 5.31. The lowest BCUT2D eigenvalue weighted by molar-refractivity contribution is -0.117. The van der Waals surface area contributed by atoms with E-state index >= 15 is 0 Å². The average molecular weight is 418 g/mol. The van der Waals surface area contributed by atoms with Gasteiger partial charge in [-0.3, -0.25) is 4.79 Å². The number of benzene rings is 1. The van der Waals surface area contributed by atoms with Crippen LogP contribution < -0.4 is 13.7 Å². The van der Waals surface area contributed by atoms with Crippen LogP contribution in [0.5, 0.6) is 5.75 Å². The van der Waals surface area contributed by atoms with E-state index in [0.29, 0.717) is 6.42 Å². The Labute approximate surface area is 159 Å². The van der Waals surface area contributed by atoms with E-state index in [1.165, 1.54) is 12.1 Å². The number of sulfonamides is 1. The van der Waals surface area contributed by atoms with Crippen molar-refractivity contribution < 1.29 is 26.7 Å². The lowest BCUT2D eigenvalue weighted by Gasteiger charge is -2.31. The molecule has 3 N–H and O–H groups in total. The third-order valence-electron chi connectivity index (χ3n) is 4.90. The van der Waals surface area contributed by atoms with Crippen LogP contribution >= 0.6 is 0 Å². The van der Waals surface area contributed by atoms with E-state index in [1.807, 2.05) is 4.72 Å². The topological polar surface area (TPSA) is 133 Å². The second-order valence-corrected chi connectivity index (χ2v) is 10.5. The van der Waals surface area contributed by atoms with E-state index in [4.69, 9.17) is 0 Å². The zero-order valence-corrected chi connectivity index (χ0v) is 16.5. The molecule has 0 radical (unpaired) electrons. The van der Waals surface area contributed by atoms with Gasteiger partial charge in [0.15, 0.2) is 0 Å². The molecule has 2 atom stereocenters. The first-order chi connectivity index (χ1) is 12.5. The van der Waals surface area contributed by atoms with Crippen LogP contribution in [0, 0.1) is 5.92 Å². The Bertz CT molecular complexity index is 945. The van der Waals surface area contributed by atoms with Gasteiger partial charge in [-0.1, -0.05) is 18.9 Å². The first-order valence-corrected chi connectivity index (χ1v) is 12.0. The maximum absolute atomic E-state index is 11.9. The number of hydrogen-bond donors (Lipinski definition) is 3. The van der Waals surface area contributed by atoms with Crippen molar-refractivity contribution in [2.45, 2.75) is 38.1 Å². The van der Waals surface area contributed by atoms with Crippen molar-refractivity contribution >= 4 is 31.8 Å². The van der Waals surface area contributed by atoms with Gasteiger partial charge < -0.3 is 5.11 Å². The third-order valence-corrected chi connectivity index (χ3v) is 7.02. The fourth-order valence-corrected chi connectivity index (χ4v) is 5.78. The predicted octanol–water partition coefficient (Wildman–Crippen LogP) is 0.224. The SMILES string of the molecule is CS(=O)(=O)NC1CCCC[C@H]1Cc1ccc(N2CC(=O)NS2(=O)=O)c(O)c1. The second-order valence-electron chi connectivity index (χ2n) is 7.11. The molecule has 3 rings (SSSR count). The Morgan fingerprint density at radius 3 is 2.59 bits per heavy atom. The minimum atomic E-state index is -3.98. The molecule has 1 aliphatic carbocycles. The molecular weight excluding hydrogens is 394 g/mol. The molecule has 1 heterocycles. The van der Waals surface area contributed by atoms with Crippen molar-refractivity contribution in [1.29, 1.82) is 0 Å². The van der Waals surface area contributed by atoms with Gasteiger partial charge in [-0.2, -0.15) is 8.42 Å². The smallest absolute Gasteiger partial charge is 0.326 e. The predicted molar refractivity (Wildman–Crippen MR) is 99.9 cm³/mol. The van der Waals surface area contributed by atoms with Crippen molar-refractivity contribution in [2.24, 2.45) is 5.92 Å². The van der Waals surface area contributed by atoms with Gasteiger partial charge in [-0.05, 0) is 42.9 Å². The molecule has 27 heavy (non-hydrogen) atoms. The summed E-state index contributed by atoms with van der Waals surface area (Å²) in [4.78, 5) is 11.4. The van der Waals surface area contributed by atoms with Crippen LogP contribution in [0.1, 0.15) is 31.2 Å². The molecule has 11 heteroatoms. The van der Waals surface area contributed by atoms with Gasteiger partial charge in [-0.15, -0.1) is 0 Å². The molecular formula is C16H23N3O6S2. The van der Waals surface area contributed by atoms with Gasteiger partial charge >= 0.3 is 10.2 Å². The molecule has 0 spiro atoms. The summed E-state index contributed by atoms with van der Waals surface area (Å²) >= 11 is 0. The molecule has 1 aromatic carbocycles. The van der Waals surface area contributed by atoms with E-state index in [1.54, 1.807) is 6.07 Å². The molecule has 1 aliphatic heterocycles. The summed E-state index contributed by atoms with van der Waals surface area (Å²) in [6, 6.07) is 4.47. The number of carbonyl (C=O) groups excluding carboxylic acids is 1. The molecule has 2 fully saturated rings. The van der Waals surface area contributed by atoms with E-state index in [-0.39, 0.29) is 29.9 Å². The van der Waals surface area contributed by atoms with Crippen LogP contribution in [0.3, 0.4) is 0 Å². The molecule has 0 aromatic heterocycles. The van der Waals surface area contributed by atoms with Crippen molar-refractivity contribution in [1.82, 2.24) is 9.44 Å². The molecule has 9 nitrogen and oxygen atoms in total. The van der Waals surface area contributed by atoms with Gasteiger partial charge in [0.1, 0.15) is 12.3 Å². The Kier molecular flexibility index (Phi) is 5.37. The average Bonchev–Trinajstić information content (AvgIpc) is 2.80. The number of nitrogens with zero attached hydrogens (tertiary/aromatic N) is 1.